The summed E-state index contributed by atoms with van der Waals surface area (Å²) in [6.45, 7) is 7.55. The van der Waals surface area contributed by atoms with E-state index in [0.29, 0.717) is 0 Å². The summed E-state index contributed by atoms with van der Waals surface area (Å²) >= 11 is 13.8. The summed E-state index contributed by atoms with van der Waals surface area (Å²) < 4.78 is 0. The van der Waals surface area contributed by atoms with Crippen molar-refractivity contribution in [1.29, 1.82) is 0 Å². The molecule has 0 spiro atoms. The highest BCUT2D eigenvalue weighted by Crippen LogP contribution is 2.30. The molecule has 0 saturated carbocycles. The molecule has 1 aromatic rings. The maximum Gasteiger partial charge on any atom is 0.0542 e. The lowest BCUT2D eigenvalue weighted by atomic mass is 10.1. The third-order valence-electron chi connectivity index (χ3n) is 2.13. The first-order valence-electron chi connectivity index (χ1n) is 5.71. The second-order valence-electron chi connectivity index (χ2n) is 4.95. The second kappa shape index (κ2) is 6.89. The van der Waals surface area contributed by atoms with Gasteiger partial charge in [-0.3, -0.25) is 0 Å². The van der Waals surface area contributed by atoms with E-state index >= 15 is 0 Å². The monoisotopic (exact) mass is 291 g/mol. The van der Waals surface area contributed by atoms with Gasteiger partial charge in [-0.05, 0) is 57.7 Å². The zero-order valence-corrected chi connectivity index (χ0v) is 12.8. The van der Waals surface area contributed by atoms with Crippen LogP contribution in [0, 0.1) is 0 Å². The van der Waals surface area contributed by atoms with Crippen molar-refractivity contribution in [3.63, 3.8) is 0 Å². The number of rotatable bonds is 5. The highest BCUT2D eigenvalue weighted by molar-refractivity contribution is 7.99. The molecule has 96 valence electrons. The summed E-state index contributed by atoms with van der Waals surface area (Å²) in [6.07, 6.45) is 1.12. The topological polar surface area (TPSA) is 12.0 Å². The predicted molar refractivity (Wildman–Crippen MR) is 79.6 cm³/mol. The van der Waals surface area contributed by atoms with Crippen molar-refractivity contribution in [3.05, 3.63) is 28.2 Å². The van der Waals surface area contributed by atoms with Crippen molar-refractivity contribution < 1.29 is 0 Å². The van der Waals surface area contributed by atoms with Crippen LogP contribution >= 0.6 is 35.0 Å². The Hall–Kier alpha value is 0.110. The van der Waals surface area contributed by atoms with E-state index in [2.05, 4.69) is 26.1 Å². The molecule has 1 nitrogen and oxygen atoms in total. The summed E-state index contributed by atoms with van der Waals surface area (Å²) in [4.78, 5) is 1.06. The molecule has 0 saturated heterocycles. The van der Waals surface area contributed by atoms with Gasteiger partial charge >= 0.3 is 0 Å². The molecule has 0 radical (unpaired) electrons. The minimum absolute atomic E-state index is 0.193. The first kappa shape index (κ1) is 15.2. The number of nitrogens with one attached hydrogen (secondary N) is 1. The Labute approximate surface area is 118 Å². The molecule has 0 amide bonds. The van der Waals surface area contributed by atoms with E-state index in [4.69, 9.17) is 23.2 Å². The van der Waals surface area contributed by atoms with Crippen molar-refractivity contribution in [2.24, 2.45) is 0 Å². The van der Waals surface area contributed by atoms with Crippen LogP contribution in [0.15, 0.2) is 23.1 Å². The summed E-state index contributed by atoms with van der Waals surface area (Å²) in [5.41, 5.74) is 0.193. The Kier molecular flexibility index (Phi) is 6.14. The van der Waals surface area contributed by atoms with Crippen LogP contribution in [0.3, 0.4) is 0 Å². The van der Waals surface area contributed by atoms with E-state index in [1.54, 1.807) is 11.8 Å². The van der Waals surface area contributed by atoms with Gasteiger partial charge in [0.2, 0.25) is 0 Å². The van der Waals surface area contributed by atoms with E-state index in [1.165, 1.54) is 0 Å². The van der Waals surface area contributed by atoms with E-state index < -0.39 is 0 Å². The SMILES string of the molecule is CC(C)(C)NCCCSc1cc(Cl)ccc1Cl. The van der Waals surface area contributed by atoms with Crippen LogP contribution in [0.5, 0.6) is 0 Å². The van der Waals surface area contributed by atoms with Crippen molar-refractivity contribution in [2.75, 3.05) is 12.3 Å². The molecular formula is C13H19Cl2NS. The zero-order valence-electron chi connectivity index (χ0n) is 10.5. The summed E-state index contributed by atoms with van der Waals surface area (Å²) in [6, 6.07) is 5.58. The van der Waals surface area contributed by atoms with Crippen LogP contribution in [-0.2, 0) is 0 Å². The van der Waals surface area contributed by atoms with Gasteiger partial charge in [-0.2, -0.15) is 0 Å². The molecule has 4 heteroatoms. The Balaban J connectivity index is 2.29. The third kappa shape index (κ3) is 6.56. The molecule has 0 aromatic heterocycles. The summed E-state index contributed by atoms with van der Waals surface area (Å²) in [5.74, 6) is 1.04. The van der Waals surface area contributed by atoms with Gasteiger partial charge in [0.05, 0.1) is 5.02 Å². The molecule has 0 aliphatic heterocycles. The van der Waals surface area contributed by atoms with E-state index in [9.17, 15) is 0 Å². The fraction of sp³-hybridized carbons (Fsp3) is 0.538. The molecule has 17 heavy (non-hydrogen) atoms. The molecular weight excluding hydrogens is 273 g/mol. The number of hydrogen-bond donors (Lipinski definition) is 1. The van der Waals surface area contributed by atoms with Gasteiger partial charge in [0.15, 0.2) is 0 Å². The van der Waals surface area contributed by atoms with Gasteiger partial charge in [0.25, 0.3) is 0 Å². The van der Waals surface area contributed by atoms with Crippen LogP contribution in [0.2, 0.25) is 10.0 Å². The van der Waals surface area contributed by atoms with Crippen LogP contribution < -0.4 is 5.32 Å². The Bertz CT molecular complexity index is 361. The number of benzene rings is 1. The minimum atomic E-state index is 0.193. The van der Waals surface area contributed by atoms with E-state index in [1.807, 2.05) is 18.2 Å². The molecule has 0 unspecified atom stereocenters. The van der Waals surface area contributed by atoms with Crippen LogP contribution in [-0.4, -0.2) is 17.8 Å². The zero-order chi connectivity index (χ0) is 12.9. The Morgan fingerprint density at radius 1 is 1.24 bits per heavy atom. The molecule has 1 N–H and O–H groups in total. The quantitative estimate of drug-likeness (QED) is 0.614. The van der Waals surface area contributed by atoms with Gasteiger partial charge in [-0.1, -0.05) is 23.2 Å². The maximum atomic E-state index is 6.09. The lowest BCUT2D eigenvalue weighted by Gasteiger charge is -2.20. The predicted octanol–water partition coefficient (Wildman–Crippen LogP) is 4.86. The average molecular weight is 292 g/mol. The van der Waals surface area contributed by atoms with Crippen LogP contribution in [0.25, 0.3) is 0 Å². The smallest absolute Gasteiger partial charge is 0.0542 e. The number of thioether (sulfide) groups is 1. The highest BCUT2D eigenvalue weighted by atomic mass is 35.5. The minimum Gasteiger partial charge on any atom is -0.312 e. The second-order valence-corrected chi connectivity index (χ2v) is 6.93. The Morgan fingerprint density at radius 2 is 1.94 bits per heavy atom. The van der Waals surface area contributed by atoms with Gasteiger partial charge in [0.1, 0.15) is 0 Å². The standard InChI is InChI=1S/C13H19Cl2NS/c1-13(2,3)16-7-4-8-17-12-9-10(14)5-6-11(12)15/h5-6,9,16H,4,7-8H2,1-3H3. The van der Waals surface area contributed by atoms with Crippen LogP contribution in [0.4, 0.5) is 0 Å². The lowest BCUT2D eigenvalue weighted by molar-refractivity contribution is 0.427. The maximum absolute atomic E-state index is 6.09. The normalized spacial score (nSPS) is 11.8. The van der Waals surface area contributed by atoms with Gasteiger partial charge in [0, 0.05) is 15.5 Å². The van der Waals surface area contributed by atoms with E-state index in [0.717, 1.165) is 33.7 Å². The lowest BCUT2D eigenvalue weighted by Crippen LogP contribution is -2.36. The largest absolute Gasteiger partial charge is 0.312 e. The molecule has 0 atom stereocenters. The van der Waals surface area contributed by atoms with Crippen LogP contribution in [0.1, 0.15) is 27.2 Å². The van der Waals surface area contributed by atoms with Gasteiger partial charge in [-0.15, -0.1) is 11.8 Å². The molecule has 1 rings (SSSR count). The van der Waals surface area contributed by atoms with Gasteiger partial charge in [-0.25, -0.2) is 0 Å². The third-order valence-corrected chi connectivity index (χ3v) is 3.95. The van der Waals surface area contributed by atoms with E-state index in [-0.39, 0.29) is 5.54 Å². The van der Waals surface area contributed by atoms with Crippen molar-refractivity contribution in [1.82, 2.24) is 5.32 Å². The average Bonchev–Trinajstić information content (AvgIpc) is 2.21. The fourth-order valence-corrected chi connectivity index (χ4v) is 2.75. The summed E-state index contributed by atoms with van der Waals surface area (Å²) in [7, 11) is 0. The van der Waals surface area contributed by atoms with Crippen molar-refractivity contribution in [3.8, 4) is 0 Å². The van der Waals surface area contributed by atoms with Crippen molar-refractivity contribution in [2.45, 2.75) is 37.6 Å². The van der Waals surface area contributed by atoms with Crippen molar-refractivity contribution >= 4 is 35.0 Å². The number of halogens is 2. The molecule has 0 aliphatic rings. The Morgan fingerprint density at radius 3 is 2.59 bits per heavy atom. The van der Waals surface area contributed by atoms with Gasteiger partial charge < -0.3 is 5.32 Å². The molecule has 0 bridgehead atoms. The summed E-state index contributed by atoms with van der Waals surface area (Å²) in [5, 5.41) is 4.98. The molecule has 0 aliphatic carbocycles. The number of hydrogen-bond acceptors (Lipinski definition) is 2. The first-order chi connectivity index (χ1) is 7.88. The first-order valence-corrected chi connectivity index (χ1v) is 7.45. The molecule has 0 heterocycles. The molecule has 0 fully saturated rings. The highest BCUT2D eigenvalue weighted by Gasteiger charge is 2.07. The fourth-order valence-electron chi connectivity index (χ4n) is 1.31. The molecule has 1 aromatic carbocycles.